The molecule has 0 radical (unpaired) electrons. The van der Waals surface area contributed by atoms with Gasteiger partial charge < -0.3 is 9.64 Å². The van der Waals surface area contributed by atoms with Crippen molar-refractivity contribution < 1.29 is 14.5 Å². The lowest BCUT2D eigenvalue weighted by Gasteiger charge is -2.15. The number of anilines is 1. The SMILES string of the molecule is O=C1Cc2cc([N+](=O)[O-])ccc2N1CC1CO1. The third-order valence-electron chi connectivity index (χ3n) is 3.00. The lowest BCUT2D eigenvalue weighted by molar-refractivity contribution is -0.384. The predicted octanol–water partition coefficient (Wildman–Crippen LogP) is 0.883. The highest BCUT2D eigenvalue weighted by Gasteiger charge is 2.34. The van der Waals surface area contributed by atoms with Gasteiger partial charge in [-0.2, -0.15) is 0 Å². The van der Waals surface area contributed by atoms with Crippen LogP contribution in [0.4, 0.5) is 11.4 Å². The molecule has 1 aromatic rings. The van der Waals surface area contributed by atoms with E-state index in [0.29, 0.717) is 13.2 Å². The molecule has 0 bridgehead atoms. The van der Waals surface area contributed by atoms with Crippen molar-refractivity contribution in [3.63, 3.8) is 0 Å². The number of rotatable bonds is 3. The fourth-order valence-electron chi connectivity index (χ4n) is 2.06. The number of amides is 1. The van der Waals surface area contributed by atoms with E-state index >= 15 is 0 Å². The summed E-state index contributed by atoms with van der Waals surface area (Å²) >= 11 is 0. The van der Waals surface area contributed by atoms with E-state index in [1.165, 1.54) is 12.1 Å². The number of hydrogen-bond acceptors (Lipinski definition) is 4. The monoisotopic (exact) mass is 234 g/mol. The van der Waals surface area contributed by atoms with Crippen LogP contribution in [0.25, 0.3) is 0 Å². The zero-order chi connectivity index (χ0) is 12.0. The molecule has 17 heavy (non-hydrogen) atoms. The number of ether oxygens (including phenoxy) is 1. The molecule has 2 aliphatic heterocycles. The number of fused-ring (bicyclic) bond motifs is 1. The lowest BCUT2D eigenvalue weighted by Crippen LogP contribution is -2.30. The van der Waals surface area contributed by atoms with Gasteiger partial charge in [0.05, 0.1) is 30.6 Å². The predicted molar refractivity (Wildman–Crippen MR) is 58.9 cm³/mol. The molecule has 1 saturated heterocycles. The molecule has 2 aliphatic rings. The molecule has 0 spiro atoms. The largest absolute Gasteiger partial charge is 0.371 e. The minimum atomic E-state index is -0.447. The Balaban J connectivity index is 1.93. The molecule has 3 rings (SSSR count). The van der Waals surface area contributed by atoms with Crippen LogP contribution in [-0.2, 0) is 16.0 Å². The zero-order valence-electron chi connectivity index (χ0n) is 8.96. The first kappa shape index (κ1) is 10.2. The molecule has 88 valence electrons. The summed E-state index contributed by atoms with van der Waals surface area (Å²) in [6.07, 6.45) is 0.365. The Morgan fingerprint density at radius 1 is 1.53 bits per heavy atom. The van der Waals surface area contributed by atoms with Gasteiger partial charge in [-0.15, -0.1) is 0 Å². The molecule has 6 nitrogen and oxygen atoms in total. The van der Waals surface area contributed by atoms with Crippen molar-refractivity contribution in [1.82, 2.24) is 0 Å². The van der Waals surface area contributed by atoms with Crippen LogP contribution in [0.2, 0.25) is 0 Å². The second-order valence-corrected chi connectivity index (χ2v) is 4.21. The van der Waals surface area contributed by atoms with E-state index in [9.17, 15) is 14.9 Å². The standard InChI is InChI=1S/C11H10N2O4/c14-11-4-7-3-8(13(15)16)1-2-10(7)12(11)5-9-6-17-9/h1-3,9H,4-6H2. The van der Waals surface area contributed by atoms with Crippen LogP contribution in [0.5, 0.6) is 0 Å². The molecule has 0 aromatic heterocycles. The summed E-state index contributed by atoms with van der Waals surface area (Å²) in [5, 5.41) is 10.6. The van der Waals surface area contributed by atoms with Gasteiger partial charge in [-0.1, -0.05) is 0 Å². The molecule has 1 fully saturated rings. The van der Waals surface area contributed by atoms with Gasteiger partial charge in [0, 0.05) is 17.8 Å². The second kappa shape index (κ2) is 3.53. The minimum absolute atomic E-state index is 0.0176. The van der Waals surface area contributed by atoms with Gasteiger partial charge in [0.1, 0.15) is 0 Å². The lowest BCUT2D eigenvalue weighted by atomic mass is 10.1. The average molecular weight is 234 g/mol. The van der Waals surface area contributed by atoms with Crippen molar-refractivity contribution in [3.05, 3.63) is 33.9 Å². The highest BCUT2D eigenvalue weighted by Crippen LogP contribution is 2.32. The third kappa shape index (κ3) is 1.76. The summed E-state index contributed by atoms with van der Waals surface area (Å²) in [4.78, 5) is 23.6. The number of non-ortho nitro benzene ring substituents is 1. The van der Waals surface area contributed by atoms with Gasteiger partial charge in [0.15, 0.2) is 0 Å². The van der Waals surface area contributed by atoms with Crippen LogP contribution >= 0.6 is 0 Å². The molecule has 6 heteroatoms. The maximum Gasteiger partial charge on any atom is 0.269 e. The van der Waals surface area contributed by atoms with E-state index in [2.05, 4.69) is 0 Å². The molecule has 1 amide bonds. The van der Waals surface area contributed by atoms with Gasteiger partial charge >= 0.3 is 0 Å². The Morgan fingerprint density at radius 2 is 2.29 bits per heavy atom. The summed E-state index contributed by atoms with van der Waals surface area (Å²) < 4.78 is 5.09. The van der Waals surface area contributed by atoms with Crippen LogP contribution in [0.1, 0.15) is 5.56 Å². The first-order valence-corrected chi connectivity index (χ1v) is 5.34. The van der Waals surface area contributed by atoms with Gasteiger partial charge in [0.25, 0.3) is 5.69 Å². The van der Waals surface area contributed by atoms with Gasteiger partial charge in [0.2, 0.25) is 5.91 Å². The molecule has 1 unspecified atom stereocenters. The molecule has 0 saturated carbocycles. The summed E-state index contributed by atoms with van der Waals surface area (Å²) in [7, 11) is 0. The zero-order valence-corrected chi connectivity index (χ0v) is 8.96. The van der Waals surface area contributed by atoms with E-state index in [0.717, 1.165) is 11.3 Å². The number of epoxide rings is 1. The van der Waals surface area contributed by atoms with Gasteiger partial charge in [-0.25, -0.2) is 0 Å². The van der Waals surface area contributed by atoms with Crippen molar-refractivity contribution in [1.29, 1.82) is 0 Å². The van der Waals surface area contributed by atoms with Crippen molar-refractivity contribution in [2.45, 2.75) is 12.5 Å². The Morgan fingerprint density at radius 3 is 2.94 bits per heavy atom. The summed E-state index contributed by atoms with van der Waals surface area (Å²) in [6.45, 7) is 1.23. The fraction of sp³-hybridized carbons (Fsp3) is 0.364. The minimum Gasteiger partial charge on any atom is -0.371 e. The van der Waals surface area contributed by atoms with Crippen LogP contribution < -0.4 is 4.90 Å². The number of nitrogens with zero attached hydrogens (tertiary/aromatic N) is 2. The van der Waals surface area contributed by atoms with E-state index in [1.807, 2.05) is 0 Å². The van der Waals surface area contributed by atoms with Crippen LogP contribution in [0.3, 0.4) is 0 Å². The Hall–Kier alpha value is -1.95. The number of carbonyl (C=O) groups is 1. The normalized spacial score (nSPS) is 21.5. The topological polar surface area (TPSA) is 76.0 Å². The van der Waals surface area contributed by atoms with Crippen LogP contribution in [0.15, 0.2) is 18.2 Å². The number of nitro groups is 1. The molecule has 1 atom stereocenters. The Kier molecular flexibility index (Phi) is 2.12. The van der Waals surface area contributed by atoms with Crippen LogP contribution in [-0.4, -0.2) is 30.1 Å². The molecule has 0 N–H and O–H groups in total. The maximum atomic E-state index is 11.8. The van der Waals surface area contributed by atoms with Crippen LogP contribution in [0, 0.1) is 10.1 Å². The Labute approximate surface area is 96.9 Å². The van der Waals surface area contributed by atoms with Crippen molar-refractivity contribution >= 4 is 17.3 Å². The van der Waals surface area contributed by atoms with Gasteiger partial charge in [-0.05, 0) is 11.6 Å². The number of nitro benzene ring substituents is 1. The van der Waals surface area contributed by atoms with E-state index < -0.39 is 4.92 Å². The number of benzene rings is 1. The second-order valence-electron chi connectivity index (χ2n) is 4.21. The van der Waals surface area contributed by atoms with Crippen molar-refractivity contribution in [3.8, 4) is 0 Å². The van der Waals surface area contributed by atoms with Crippen molar-refractivity contribution in [2.24, 2.45) is 0 Å². The molecular weight excluding hydrogens is 224 g/mol. The first-order chi connectivity index (χ1) is 8.15. The summed E-state index contributed by atoms with van der Waals surface area (Å²) in [5.41, 5.74) is 1.53. The summed E-state index contributed by atoms with van der Waals surface area (Å²) in [6, 6.07) is 4.54. The quantitative estimate of drug-likeness (QED) is 0.442. The molecule has 2 heterocycles. The first-order valence-electron chi connectivity index (χ1n) is 5.34. The highest BCUT2D eigenvalue weighted by atomic mass is 16.6. The van der Waals surface area contributed by atoms with E-state index in [1.54, 1.807) is 11.0 Å². The Bertz CT molecular complexity index is 510. The van der Waals surface area contributed by atoms with Gasteiger partial charge in [-0.3, -0.25) is 14.9 Å². The van der Waals surface area contributed by atoms with Crippen molar-refractivity contribution in [2.75, 3.05) is 18.1 Å². The molecule has 0 aliphatic carbocycles. The average Bonchev–Trinajstić information content (AvgIpc) is 3.04. The number of hydrogen-bond donors (Lipinski definition) is 0. The maximum absolute atomic E-state index is 11.8. The highest BCUT2D eigenvalue weighted by molar-refractivity contribution is 6.01. The molecule has 1 aromatic carbocycles. The smallest absolute Gasteiger partial charge is 0.269 e. The summed E-state index contributed by atoms with van der Waals surface area (Å²) in [5.74, 6) is -0.0176. The van der Waals surface area contributed by atoms with E-state index in [4.69, 9.17) is 4.74 Å². The molecular formula is C11H10N2O4. The van der Waals surface area contributed by atoms with E-state index in [-0.39, 0.29) is 24.1 Å². The number of carbonyl (C=O) groups excluding carboxylic acids is 1. The third-order valence-corrected chi connectivity index (χ3v) is 3.00. The fourth-order valence-corrected chi connectivity index (χ4v) is 2.06.